The summed E-state index contributed by atoms with van der Waals surface area (Å²) in [4.78, 5) is 11.9. The van der Waals surface area contributed by atoms with Crippen molar-refractivity contribution in [1.29, 1.82) is 0 Å². The molecular formula is C18H18Cl2N2O2S. The molecule has 0 unspecified atom stereocenters. The van der Waals surface area contributed by atoms with Gasteiger partial charge < -0.3 is 4.74 Å². The second-order valence-electron chi connectivity index (χ2n) is 5.15. The number of rotatable bonds is 7. The van der Waals surface area contributed by atoms with Gasteiger partial charge in [0.05, 0.1) is 18.6 Å². The fourth-order valence-electron chi connectivity index (χ4n) is 1.99. The van der Waals surface area contributed by atoms with Crippen molar-refractivity contribution in [2.45, 2.75) is 12.7 Å². The summed E-state index contributed by atoms with van der Waals surface area (Å²) in [6.45, 7) is 1.83. The minimum atomic E-state index is -0.180. The van der Waals surface area contributed by atoms with Gasteiger partial charge in [-0.15, -0.1) is 11.8 Å². The molecule has 2 aromatic carbocycles. The Morgan fingerprint density at radius 1 is 1.16 bits per heavy atom. The summed E-state index contributed by atoms with van der Waals surface area (Å²) in [5.41, 5.74) is 5.02. The van der Waals surface area contributed by atoms with Gasteiger partial charge in [-0.1, -0.05) is 29.3 Å². The Kier molecular flexibility index (Phi) is 7.62. The topological polar surface area (TPSA) is 50.7 Å². The number of ether oxygens (including phenoxy) is 1. The number of hydrogen-bond donors (Lipinski definition) is 1. The number of methoxy groups -OCH3 is 1. The molecular weight excluding hydrogens is 379 g/mol. The first-order chi connectivity index (χ1) is 12.0. The van der Waals surface area contributed by atoms with E-state index in [2.05, 4.69) is 10.5 Å². The molecule has 0 heterocycles. The zero-order valence-corrected chi connectivity index (χ0v) is 16.2. The molecule has 0 aliphatic heterocycles. The Morgan fingerprint density at radius 3 is 2.40 bits per heavy atom. The first-order valence-electron chi connectivity index (χ1n) is 7.49. The number of carbonyl (C=O) groups excluding carboxylic acids is 1. The quantitative estimate of drug-likeness (QED) is 0.541. The second kappa shape index (κ2) is 9.70. The van der Waals surface area contributed by atoms with E-state index in [1.54, 1.807) is 25.3 Å². The zero-order valence-electron chi connectivity index (χ0n) is 13.9. The zero-order chi connectivity index (χ0) is 18.2. The molecule has 0 fully saturated rings. The Bertz CT molecular complexity index is 744. The van der Waals surface area contributed by atoms with Crippen LogP contribution in [0.25, 0.3) is 0 Å². The van der Waals surface area contributed by atoms with Gasteiger partial charge in [0.25, 0.3) is 0 Å². The van der Waals surface area contributed by atoms with Crippen molar-refractivity contribution in [2.75, 3.05) is 12.9 Å². The number of halogens is 2. The van der Waals surface area contributed by atoms with Crippen molar-refractivity contribution in [3.8, 4) is 5.75 Å². The highest BCUT2D eigenvalue weighted by molar-refractivity contribution is 7.99. The third-order valence-corrected chi connectivity index (χ3v) is 5.06. The number of thioether (sulfide) groups is 1. The molecule has 2 rings (SSSR count). The van der Waals surface area contributed by atoms with Crippen molar-refractivity contribution in [3.05, 3.63) is 63.6 Å². The molecule has 0 saturated carbocycles. The van der Waals surface area contributed by atoms with Crippen LogP contribution in [-0.4, -0.2) is 24.5 Å². The van der Waals surface area contributed by atoms with Gasteiger partial charge in [0, 0.05) is 15.8 Å². The molecule has 0 aliphatic carbocycles. The van der Waals surface area contributed by atoms with Crippen molar-refractivity contribution in [2.24, 2.45) is 5.10 Å². The molecule has 0 saturated heterocycles. The fraction of sp³-hybridized carbons (Fsp3) is 0.222. The fourth-order valence-corrected chi connectivity index (χ4v) is 3.55. The Balaban J connectivity index is 1.83. The van der Waals surface area contributed by atoms with Crippen LogP contribution in [0.2, 0.25) is 10.0 Å². The maximum absolute atomic E-state index is 11.9. The average Bonchev–Trinajstić information content (AvgIpc) is 2.62. The summed E-state index contributed by atoms with van der Waals surface area (Å²) in [5.74, 6) is 1.42. The highest BCUT2D eigenvalue weighted by Crippen LogP contribution is 2.28. The highest BCUT2D eigenvalue weighted by atomic mass is 35.5. The van der Waals surface area contributed by atoms with Gasteiger partial charge in [-0.3, -0.25) is 4.79 Å². The summed E-state index contributed by atoms with van der Waals surface area (Å²) in [6, 6.07) is 12.8. The highest BCUT2D eigenvalue weighted by Gasteiger charge is 2.07. The van der Waals surface area contributed by atoms with Gasteiger partial charge in [0.2, 0.25) is 5.91 Å². The van der Waals surface area contributed by atoms with E-state index in [9.17, 15) is 4.79 Å². The standard InChI is InChI=1S/C18H18Cl2N2O2S/c1-12(13-6-8-14(24-2)9-7-13)21-22-18(23)11-25-10-15-16(19)4-3-5-17(15)20/h3-9H,10-11H2,1-2H3,(H,22,23)/b21-12-. The predicted octanol–water partition coefficient (Wildman–Crippen LogP) is 4.78. The number of carbonyl (C=O) groups is 1. The van der Waals surface area contributed by atoms with E-state index in [1.807, 2.05) is 31.2 Å². The largest absolute Gasteiger partial charge is 0.497 e. The summed E-state index contributed by atoms with van der Waals surface area (Å²) < 4.78 is 5.11. The molecule has 1 amide bonds. The summed E-state index contributed by atoms with van der Waals surface area (Å²) in [6.07, 6.45) is 0. The maximum atomic E-state index is 11.9. The monoisotopic (exact) mass is 396 g/mol. The molecule has 0 bridgehead atoms. The number of nitrogens with zero attached hydrogens (tertiary/aromatic N) is 1. The van der Waals surface area contributed by atoms with Gasteiger partial charge in [-0.05, 0) is 54.4 Å². The van der Waals surface area contributed by atoms with E-state index >= 15 is 0 Å². The molecule has 0 atom stereocenters. The molecule has 0 aromatic heterocycles. The van der Waals surface area contributed by atoms with E-state index < -0.39 is 0 Å². The first-order valence-corrected chi connectivity index (χ1v) is 9.40. The van der Waals surface area contributed by atoms with Crippen molar-refractivity contribution >= 4 is 46.6 Å². The Labute approximate surface area is 161 Å². The van der Waals surface area contributed by atoms with Crippen molar-refractivity contribution in [3.63, 3.8) is 0 Å². The predicted molar refractivity (Wildman–Crippen MR) is 106 cm³/mol. The van der Waals surface area contributed by atoms with Crippen LogP contribution in [0, 0.1) is 0 Å². The molecule has 0 aliphatic rings. The lowest BCUT2D eigenvalue weighted by Gasteiger charge is -2.07. The van der Waals surface area contributed by atoms with Crippen LogP contribution < -0.4 is 10.2 Å². The van der Waals surface area contributed by atoms with E-state index in [0.717, 1.165) is 22.6 Å². The number of nitrogens with one attached hydrogen (secondary N) is 1. The molecule has 4 nitrogen and oxygen atoms in total. The average molecular weight is 397 g/mol. The number of benzene rings is 2. The number of amides is 1. The molecule has 0 radical (unpaired) electrons. The lowest BCUT2D eigenvalue weighted by molar-refractivity contribution is -0.118. The number of hydrazone groups is 1. The lowest BCUT2D eigenvalue weighted by Crippen LogP contribution is -2.21. The third-order valence-electron chi connectivity index (χ3n) is 3.40. The Morgan fingerprint density at radius 2 is 1.80 bits per heavy atom. The van der Waals surface area contributed by atoms with Crippen molar-refractivity contribution in [1.82, 2.24) is 5.43 Å². The molecule has 1 N–H and O–H groups in total. The van der Waals surface area contributed by atoms with E-state index in [0.29, 0.717) is 15.8 Å². The van der Waals surface area contributed by atoms with E-state index in [4.69, 9.17) is 27.9 Å². The summed E-state index contributed by atoms with van der Waals surface area (Å²) in [5, 5.41) is 5.33. The van der Waals surface area contributed by atoms with E-state index in [1.165, 1.54) is 11.8 Å². The van der Waals surface area contributed by atoms with Gasteiger partial charge in [0.1, 0.15) is 5.75 Å². The maximum Gasteiger partial charge on any atom is 0.250 e. The SMILES string of the molecule is COc1ccc(/C(C)=N\NC(=O)CSCc2c(Cl)cccc2Cl)cc1. The van der Waals surface area contributed by atoms with Crippen LogP contribution in [0.4, 0.5) is 0 Å². The van der Waals surface area contributed by atoms with Crippen LogP contribution >= 0.6 is 35.0 Å². The molecule has 0 spiro atoms. The van der Waals surface area contributed by atoms with Crippen molar-refractivity contribution < 1.29 is 9.53 Å². The second-order valence-corrected chi connectivity index (χ2v) is 6.95. The minimum Gasteiger partial charge on any atom is -0.497 e. The molecule has 132 valence electrons. The van der Waals surface area contributed by atoms with Gasteiger partial charge >= 0.3 is 0 Å². The smallest absolute Gasteiger partial charge is 0.250 e. The van der Waals surface area contributed by atoms with Crippen LogP contribution in [0.5, 0.6) is 5.75 Å². The Hall–Kier alpha value is -1.69. The van der Waals surface area contributed by atoms with Gasteiger partial charge in [0.15, 0.2) is 0 Å². The number of hydrogen-bond acceptors (Lipinski definition) is 4. The van der Waals surface area contributed by atoms with Crippen LogP contribution in [0.1, 0.15) is 18.1 Å². The van der Waals surface area contributed by atoms with Gasteiger partial charge in [-0.2, -0.15) is 5.10 Å². The van der Waals surface area contributed by atoms with Crippen LogP contribution in [0.15, 0.2) is 47.6 Å². The van der Waals surface area contributed by atoms with Gasteiger partial charge in [-0.25, -0.2) is 5.43 Å². The van der Waals surface area contributed by atoms with Crippen LogP contribution in [-0.2, 0) is 10.5 Å². The molecule has 25 heavy (non-hydrogen) atoms. The summed E-state index contributed by atoms with van der Waals surface area (Å²) in [7, 11) is 1.61. The molecule has 2 aromatic rings. The normalized spacial score (nSPS) is 11.3. The van der Waals surface area contributed by atoms with E-state index in [-0.39, 0.29) is 11.7 Å². The first kappa shape index (κ1) is 19.6. The van der Waals surface area contributed by atoms with Crippen LogP contribution in [0.3, 0.4) is 0 Å². The summed E-state index contributed by atoms with van der Waals surface area (Å²) >= 11 is 13.6. The molecule has 7 heteroatoms. The minimum absolute atomic E-state index is 0.180. The lowest BCUT2D eigenvalue weighted by atomic mass is 10.1. The third kappa shape index (κ3) is 5.96.